The van der Waals surface area contributed by atoms with Gasteiger partial charge in [-0.2, -0.15) is 0 Å². The fourth-order valence-electron chi connectivity index (χ4n) is 3.10. The van der Waals surface area contributed by atoms with E-state index >= 15 is 0 Å². The second kappa shape index (κ2) is 8.19. The Morgan fingerprint density at radius 3 is 2.26 bits per heavy atom. The third-order valence-electron chi connectivity index (χ3n) is 4.69. The van der Waals surface area contributed by atoms with Crippen molar-refractivity contribution in [3.05, 3.63) is 95.6 Å². The van der Waals surface area contributed by atoms with Crippen molar-refractivity contribution >= 4 is 5.91 Å². The molecule has 27 heavy (non-hydrogen) atoms. The lowest BCUT2D eigenvalue weighted by atomic mass is 9.93. The SMILES string of the molecule is Cc1cccc(CC(=O)NC[C@@](C)(O)c2ccc(-c3ccccc3)cc2)c1. The van der Waals surface area contributed by atoms with Crippen LogP contribution in [-0.2, 0) is 16.8 Å². The van der Waals surface area contributed by atoms with Crippen molar-refractivity contribution in [2.24, 2.45) is 0 Å². The molecule has 0 saturated heterocycles. The minimum Gasteiger partial charge on any atom is -0.384 e. The second-order valence-electron chi connectivity index (χ2n) is 7.16. The summed E-state index contributed by atoms with van der Waals surface area (Å²) in [6.07, 6.45) is 0.310. The zero-order chi connectivity index (χ0) is 19.3. The van der Waals surface area contributed by atoms with Crippen LogP contribution in [-0.4, -0.2) is 17.6 Å². The zero-order valence-electron chi connectivity index (χ0n) is 15.8. The lowest BCUT2D eigenvalue weighted by molar-refractivity contribution is -0.121. The molecule has 0 aromatic heterocycles. The standard InChI is InChI=1S/C24H25NO2/c1-18-7-6-8-19(15-18)16-23(26)25-17-24(2,27)22-13-11-21(12-14-22)20-9-4-3-5-10-20/h3-15,27H,16-17H2,1-2H3,(H,25,26)/t24-/m1/s1. The van der Waals surface area contributed by atoms with Crippen molar-refractivity contribution in [3.8, 4) is 11.1 Å². The van der Waals surface area contributed by atoms with Gasteiger partial charge in [0.1, 0.15) is 5.60 Å². The van der Waals surface area contributed by atoms with Crippen LogP contribution in [0.15, 0.2) is 78.9 Å². The maximum absolute atomic E-state index is 12.2. The van der Waals surface area contributed by atoms with Crippen molar-refractivity contribution in [1.82, 2.24) is 5.32 Å². The molecule has 0 spiro atoms. The molecule has 0 aliphatic heterocycles. The van der Waals surface area contributed by atoms with Crippen LogP contribution in [0.25, 0.3) is 11.1 Å². The number of rotatable bonds is 6. The van der Waals surface area contributed by atoms with Gasteiger partial charge in [0, 0.05) is 0 Å². The summed E-state index contributed by atoms with van der Waals surface area (Å²) in [6.45, 7) is 3.89. The maximum atomic E-state index is 12.2. The van der Waals surface area contributed by atoms with E-state index in [0.29, 0.717) is 6.42 Å². The van der Waals surface area contributed by atoms with E-state index in [4.69, 9.17) is 0 Å². The van der Waals surface area contributed by atoms with E-state index in [2.05, 4.69) is 17.4 Å². The number of aryl methyl sites for hydroxylation is 1. The average Bonchev–Trinajstić information content (AvgIpc) is 2.67. The van der Waals surface area contributed by atoms with Crippen molar-refractivity contribution in [2.45, 2.75) is 25.9 Å². The topological polar surface area (TPSA) is 49.3 Å². The number of hydrogen-bond acceptors (Lipinski definition) is 2. The normalized spacial score (nSPS) is 13.0. The summed E-state index contributed by atoms with van der Waals surface area (Å²) in [7, 11) is 0. The van der Waals surface area contributed by atoms with Gasteiger partial charge in [-0.3, -0.25) is 4.79 Å². The van der Waals surface area contributed by atoms with Crippen molar-refractivity contribution < 1.29 is 9.90 Å². The molecule has 3 aromatic carbocycles. The lowest BCUT2D eigenvalue weighted by Gasteiger charge is -2.24. The fraction of sp³-hybridized carbons (Fsp3) is 0.208. The monoisotopic (exact) mass is 359 g/mol. The Hall–Kier alpha value is -2.91. The van der Waals surface area contributed by atoms with E-state index in [1.54, 1.807) is 6.92 Å². The molecule has 138 valence electrons. The number of amides is 1. The summed E-state index contributed by atoms with van der Waals surface area (Å²) in [5.74, 6) is -0.0956. The molecule has 0 bridgehead atoms. The van der Waals surface area contributed by atoms with Crippen LogP contribution in [0.1, 0.15) is 23.6 Å². The number of benzene rings is 3. The smallest absolute Gasteiger partial charge is 0.224 e. The Bertz CT molecular complexity index is 899. The predicted octanol–water partition coefficient (Wildman–Crippen LogP) is 4.23. The Balaban J connectivity index is 1.61. The Labute approximate surface area is 160 Å². The van der Waals surface area contributed by atoms with Crippen LogP contribution < -0.4 is 5.32 Å². The van der Waals surface area contributed by atoms with Crippen molar-refractivity contribution in [2.75, 3.05) is 6.54 Å². The van der Waals surface area contributed by atoms with E-state index in [0.717, 1.165) is 27.8 Å². The van der Waals surface area contributed by atoms with Crippen LogP contribution in [0.4, 0.5) is 0 Å². The van der Waals surface area contributed by atoms with E-state index in [-0.39, 0.29) is 12.5 Å². The van der Waals surface area contributed by atoms with E-state index < -0.39 is 5.60 Å². The van der Waals surface area contributed by atoms with Gasteiger partial charge in [-0.1, -0.05) is 84.4 Å². The fourth-order valence-corrected chi connectivity index (χ4v) is 3.10. The van der Waals surface area contributed by atoms with Crippen LogP contribution in [0.3, 0.4) is 0 Å². The van der Waals surface area contributed by atoms with E-state index in [1.807, 2.05) is 73.7 Å². The Kier molecular flexibility index (Phi) is 5.72. The van der Waals surface area contributed by atoms with Crippen molar-refractivity contribution in [1.29, 1.82) is 0 Å². The molecule has 0 radical (unpaired) electrons. The molecule has 1 atom stereocenters. The Morgan fingerprint density at radius 2 is 1.59 bits per heavy atom. The molecule has 3 aromatic rings. The average molecular weight is 359 g/mol. The molecule has 3 rings (SSSR count). The molecule has 0 fully saturated rings. The summed E-state index contributed by atoms with van der Waals surface area (Å²) >= 11 is 0. The minimum atomic E-state index is -1.13. The van der Waals surface area contributed by atoms with Gasteiger partial charge in [0.2, 0.25) is 5.91 Å². The number of carbonyl (C=O) groups excluding carboxylic acids is 1. The molecule has 0 saturated carbocycles. The highest BCUT2D eigenvalue weighted by atomic mass is 16.3. The van der Waals surface area contributed by atoms with Gasteiger partial charge in [-0.25, -0.2) is 0 Å². The summed E-state index contributed by atoms with van der Waals surface area (Å²) in [5.41, 5.74) is 3.98. The molecule has 0 unspecified atom stereocenters. The summed E-state index contributed by atoms with van der Waals surface area (Å²) in [4.78, 5) is 12.2. The molecule has 0 heterocycles. The van der Waals surface area contributed by atoms with E-state index in [1.165, 1.54) is 0 Å². The Morgan fingerprint density at radius 1 is 0.926 bits per heavy atom. The third kappa shape index (κ3) is 5.05. The summed E-state index contributed by atoms with van der Waals surface area (Å²) < 4.78 is 0. The first-order chi connectivity index (χ1) is 12.9. The van der Waals surface area contributed by atoms with Crippen LogP contribution in [0.5, 0.6) is 0 Å². The highest BCUT2D eigenvalue weighted by molar-refractivity contribution is 5.78. The second-order valence-corrected chi connectivity index (χ2v) is 7.16. The van der Waals surface area contributed by atoms with Crippen LogP contribution in [0.2, 0.25) is 0 Å². The maximum Gasteiger partial charge on any atom is 0.224 e. The van der Waals surface area contributed by atoms with Gasteiger partial charge in [-0.05, 0) is 36.1 Å². The highest BCUT2D eigenvalue weighted by Crippen LogP contribution is 2.24. The largest absolute Gasteiger partial charge is 0.384 e. The summed E-state index contributed by atoms with van der Waals surface area (Å²) in [6, 6.07) is 25.8. The number of carbonyl (C=O) groups is 1. The summed E-state index contributed by atoms with van der Waals surface area (Å²) in [5, 5.41) is 13.6. The van der Waals surface area contributed by atoms with Gasteiger partial charge < -0.3 is 10.4 Å². The van der Waals surface area contributed by atoms with E-state index in [9.17, 15) is 9.90 Å². The van der Waals surface area contributed by atoms with Gasteiger partial charge in [-0.15, -0.1) is 0 Å². The number of nitrogens with one attached hydrogen (secondary N) is 1. The highest BCUT2D eigenvalue weighted by Gasteiger charge is 2.23. The van der Waals surface area contributed by atoms with Gasteiger partial charge in [0.05, 0.1) is 13.0 Å². The molecule has 3 heteroatoms. The number of hydrogen-bond donors (Lipinski definition) is 2. The van der Waals surface area contributed by atoms with Gasteiger partial charge in [0.15, 0.2) is 0 Å². The van der Waals surface area contributed by atoms with Gasteiger partial charge in [0.25, 0.3) is 0 Å². The quantitative estimate of drug-likeness (QED) is 0.692. The molecular formula is C24H25NO2. The molecule has 1 amide bonds. The molecule has 0 aliphatic carbocycles. The molecule has 3 nitrogen and oxygen atoms in total. The first-order valence-electron chi connectivity index (χ1n) is 9.15. The van der Waals surface area contributed by atoms with Crippen LogP contribution >= 0.6 is 0 Å². The zero-order valence-corrected chi connectivity index (χ0v) is 15.8. The molecule has 0 aliphatic rings. The first-order valence-corrected chi connectivity index (χ1v) is 9.15. The first kappa shape index (κ1) is 18.9. The lowest BCUT2D eigenvalue weighted by Crippen LogP contribution is -2.39. The minimum absolute atomic E-state index is 0.0956. The molecule has 2 N–H and O–H groups in total. The number of aliphatic hydroxyl groups is 1. The van der Waals surface area contributed by atoms with Crippen LogP contribution in [0, 0.1) is 6.92 Å². The molecular weight excluding hydrogens is 334 g/mol. The third-order valence-corrected chi connectivity index (χ3v) is 4.69. The predicted molar refractivity (Wildman–Crippen MR) is 109 cm³/mol. The van der Waals surface area contributed by atoms with Crippen molar-refractivity contribution in [3.63, 3.8) is 0 Å². The van der Waals surface area contributed by atoms with Gasteiger partial charge >= 0.3 is 0 Å².